The van der Waals surface area contributed by atoms with Crippen molar-refractivity contribution in [1.29, 1.82) is 0 Å². The zero-order valence-electron chi connectivity index (χ0n) is 20.3. The number of aryl methyl sites for hydroxylation is 1. The second kappa shape index (κ2) is 10.4. The number of aliphatic hydroxyl groups excluding tert-OH is 1. The average Bonchev–Trinajstić information content (AvgIpc) is 3.12. The molecule has 2 aliphatic rings. The Morgan fingerprint density at radius 1 is 1.21 bits per heavy atom. The number of fused-ring (bicyclic) bond motifs is 3. The molecule has 2 heterocycles. The SMILES string of the molecule is CCN(CC(=O)CC[C@@H](C)O)C(=O)c1ccc2c(c1)c1c(n2C)CCC(C2CCOCC2)C1. The van der Waals surface area contributed by atoms with Gasteiger partial charge in [-0.2, -0.15) is 0 Å². The molecule has 1 unspecified atom stereocenters. The van der Waals surface area contributed by atoms with E-state index in [0.29, 0.717) is 30.9 Å². The van der Waals surface area contributed by atoms with Crippen molar-refractivity contribution in [2.45, 2.75) is 64.9 Å². The van der Waals surface area contributed by atoms with Gasteiger partial charge in [-0.3, -0.25) is 9.59 Å². The van der Waals surface area contributed by atoms with E-state index in [-0.39, 0.29) is 18.2 Å². The Balaban J connectivity index is 1.56. The van der Waals surface area contributed by atoms with E-state index >= 15 is 0 Å². The number of aliphatic hydroxyl groups is 1. The Bertz CT molecular complexity index is 1000. The summed E-state index contributed by atoms with van der Waals surface area (Å²) in [4.78, 5) is 27.2. The Hall–Kier alpha value is -2.18. The summed E-state index contributed by atoms with van der Waals surface area (Å²) in [5.41, 5.74) is 4.63. The predicted molar refractivity (Wildman–Crippen MR) is 129 cm³/mol. The molecule has 2 atom stereocenters. The number of aromatic nitrogens is 1. The minimum Gasteiger partial charge on any atom is -0.393 e. The van der Waals surface area contributed by atoms with Crippen LogP contribution in [0.25, 0.3) is 10.9 Å². The number of hydrogen-bond donors (Lipinski definition) is 1. The average molecular weight is 455 g/mol. The van der Waals surface area contributed by atoms with Crippen LogP contribution in [0.2, 0.25) is 0 Å². The number of Topliss-reactive ketones (excluding diaryl/α,β-unsaturated/α-hetero) is 1. The lowest BCUT2D eigenvalue weighted by atomic mass is 9.75. The first-order valence-corrected chi connectivity index (χ1v) is 12.6. The van der Waals surface area contributed by atoms with E-state index in [1.165, 1.54) is 28.6 Å². The Morgan fingerprint density at radius 3 is 2.67 bits per heavy atom. The molecule has 0 bridgehead atoms. The molecule has 1 amide bonds. The third kappa shape index (κ3) is 5.17. The molecule has 1 aliphatic carbocycles. The van der Waals surface area contributed by atoms with Gasteiger partial charge in [-0.15, -0.1) is 0 Å². The van der Waals surface area contributed by atoms with Crippen molar-refractivity contribution in [2.75, 3.05) is 26.3 Å². The lowest BCUT2D eigenvalue weighted by Crippen LogP contribution is -2.35. The molecule has 0 saturated carbocycles. The highest BCUT2D eigenvalue weighted by Crippen LogP contribution is 2.39. The Morgan fingerprint density at radius 2 is 1.97 bits per heavy atom. The molecule has 33 heavy (non-hydrogen) atoms. The van der Waals surface area contributed by atoms with Crippen molar-refractivity contribution in [3.05, 3.63) is 35.0 Å². The molecular weight excluding hydrogens is 416 g/mol. The van der Waals surface area contributed by atoms with E-state index in [9.17, 15) is 14.7 Å². The van der Waals surface area contributed by atoms with E-state index in [1.54, 1.807) is 11.8 Å². The van der Waals surface area contributed by atoms with Gasteiger partial charge in [0.2, 0.25) is 0 Å². The van der Waals surface area contributed by atoms with Gasteiger partial charge in [0, 0.05) is 55.4 Å². The number of hydrogen-bond acceptors (Lipinski definition) is 4. The van der Waals surface area contributed by atoms with E-state index in [2.05, 4.69) is 17.7 Å². The normalized spacial score (nSPS) is 19.9. The third-order valence-corrected chi connectivity index (χ3v) is 7.71. The first-order valence-electron chi connectivity index (χ1n) is 12.6. The van der Waals surface area contributed by atoms with Crippen molar-refractivity contribution in [2.24, 2.45) is 18.9 Å². The second-order valence-corrected chi connectivity index (χ2v) is 9.91. The van der Waals surface area contributed by atoms with Crippen molar-refractivity contribution < 1.29 is 19.4 Å². The molecule has 2 aromatic rings. The number of rotatable bonds is 8. The number of nitrogens with zero attached hydrogens (tertiary/aromatic N) is 2. The summed E-state index contributed by atoms with van der Waals surface area (Å²) in [5, 5.41) is 10.6. The fraction of sp³-hybridized carbons (Fsp3) is 0.630. The Kier molecular flexibility index (Phi) is 7.55. The maximum atomic E-state index is 13.3. The van der Waals surface area contributed by atoms with Gasteiger partial charge in [0.15, 0.2) is 5.78 Å². The topological polar surface area (TPSA) is 71.8 Å². The lowest BCUT2D eigenvalue weighted by molar-refractivity contribution is -0.120. The predicted octanol–water partition coefficient (Wildman–Crippen LogP) is 3.90. The van der Waals surface area contributed by atoms with Crippen LogP contribution >= 0.6 is 0 Å². The van der Waals surface area contributed by atoms with Crippen LogP contribution in [0.3, 0.4) is 0 Å². The molecule has 0 spiro atoms. The second-order valence-electron chi connectivity index (χ2n) is 9.91. The van der Waals surface area contributed by atoms with Crippen molar-refractivity contribution >= 4 is 22.6 Å². The fourth-order valence-corrected chi connectivity index (χ4v) is 5.70. The first-order chi connectivity index (χ1) is 15.9. The fourth-order valence-electron chi connectivity index (χ4n) is 5.70. The molecule has 6 nitrogen and oxygen atoms in total. The number of amides is 1. The van der Waals surface area contributed by atoms with Crippen LogP contribution < -0.4 is 0 Å². The zero-order valence-corrected chi connectivity index (χ0v) is 20.3. The molecule has 180 valence electrons. The Labute approximate surface area is 196 Å². The van der Waals surface area contributed by atoms with Crippen LogP contribution in [-0.2, 0) is 29.4 Å². The molecule has 1 aromatic heterocycles. The number of ether oxygens (including phenoxy) is 1. The molecule has 1 N–H and O–H groups in total. The number of ketones is 1. The van der Waals surface area contributed by atoms with E-state index in [0.717, 1.165) is 44.8 Å². The van der Waals surface area contributed by atoms with Gasteiger partial charge in [0.1, 0.15) is 0 Å². The standard InChI is InChI=1S/C27H38N2O4/c1-4-29(17-22(31)8-5-18(2)30)27(32)21-7-10-26-24(16-21)23-15-20(6-9-25(23)28(26)3)19-11-13-33-14-12-19/h7,10,16,18-20,30H,4-6,8-9,11-15,17H2,1-3H3/t18-,20?/m1/s1. The molecule has 1 saturated heterocycles. The number of carbonyl (C=O) groups excluding carboxylic acids is 2. The van der Waals surface area contributed by atoms with Crippen molar-refractivity contribution in [3.8, 4) is 0 Å². The van der Waals surface area contributed by atoms with E-state index in [4.69, 9.17) is 4.74 Å². The van der Waals surface area contributed by atoms with Gasteiger partial charge in [-0.1, -0.05) is 0 Å². The summed E-state index contributed by atoms with van der Waals surface area (Å²) in [6, 6.07) is 6.01. The minimum atomic E-state index is -0.503. The van der Waals surface area contributed by atoms with Crippen LogP contribution in [0.5, 0.6) is 0 Å². The molecule has 1 aromatic carbocycles. The van der Waals surface area contributed by atoms with E-state index < -0.39 is 6.10 Å². The number of carbonyl (C=O) groups is 2. The van der Waals surface area contributed by atoms with Gasteiger partial charge >= 0.3 is 0 Å². The number of benzene rings is 1. The maximum Gasteiger partial charge on any atom is 0.254 e. The molecule has 0 radical (unpaired) electrons. The van der Waals surface area contributed by atoms with Gasteiger partial charge in [0.05, 0.1) is 12.6 Å². The minimum absolute atomic E-state index is 0.0106. The van der Waals surface area contributed by atoms with Crippen LogP contribution in [0.1, 0.15) is 67.6 Å². The van der Waals surface area contributed by atoms with Crippen molar-refractivity contribution in [1.82, 2.24) is 9.47 Å². The van der Waals surface area contributed by atoms with Crippen molar-refractivity contribution in [3.63, 3.8) is 0 Å². The smallest absolute Gasteiger partial charge is 0.254 e. The molecule has 4 rings (SSSR count). The largest absolute Gasteiger partial charge is 0.393 e. The molecule has 1 aliphatic heterocycles. The van der Waals surface area contributed by atoms with Crippen LogP contribution in [0.4, 0.5) is 0 Å². The van der Waals surface area contributed by atoms with Gasteiger partial charge < -0.3 is 19.3 Å². The zero-order chi connectivity index (χ0) is 23.5. The summed E-state index contributed by atoms with van der Waals surface area (Å²) in [7, 11) is 2.14. The molecule has 6 heteroatoms. The summed E-state index contributed by atoms with van der Waals surface area (Å²) >= 11 is 0. The van der Waals surface area contributed by atoms with Gasteiger partial charge in [0.25, 0.3) is 5.91 Å². The molecular formula is C27H38N2O4. The highest BCUT2D eigenvalue weighted by Gasteiger charge is 2.31. The highest BCUT2D eigenvalue weighted by molar-refractivity contribution is 6.00. The van der Waals surface area contributed by atoms with Crippen LogP contribution in [0, 0.1) is 11.8 Å². The summed E-state index contributed by atoms with van der Waals surface area (Å²) in [5.74, 6) is 1.31. The summed E-state index contributed by atoms with van der Waals surface area (Å²) < 4.78 is 7.88. The van der Waals surface area contributed by atoms with Gasteiger partial charge in [-0.25, -0.2) is 0 Å². The van der Waals surface area contributed by atoms with Crippen LogP contribution in [0.15, 0.2) is 18.2 Å². The number of likely N-dealkylation sites (N-methyl/N-ethyl adjacent to an activating group) is 1. The van der Waals surface area contributed by atoms with E-state index in [1.807, 2.05) is 19.1 Å². The van der Waals surface area contributed by atoms with Gasteiger partial charge in [-0.05, 0) is 88.0 Å². The quantitative estimate of drug-likeness (QED) is 0.657. The first kappa shape index (κ1) is 24.0. The monoisotopic (exact) mass is 454 g/mol. The van der Waals surface area contributed by atoms with Crippen LogP contribution in [-0.4, -0.2) is 58.7 Å². The highest BCUT2D eigenvalue weighted by atomic mass is 16.5. The molecule has 1 fully saturated rings. The maximum absolute atomic E-state index is 13.3. The summed E-state index contributed by atoms with van der Waals surface area (Å²) in [6.45, 7) is 5.92. The third-order valence-electron chi connectivity index (χ3n) is 7.71. The summed E-state index contributed by atoms with van der Waals surface area (Å²) in [6.07, 6.45) is 5.92. The lowest BCUT2D eigenvalue weighted by Gasteiger charge is -2.33.